The van der Waals surface area contributed by atoms with Gasteiger partial charge in [-0.2, -0.15) is 4.31 Å². The van der Waals surface area contributed by atoms with Crippen molar-refractivity contribution in [2.45, 2.75) is 18.7 Å². The standard InChI is InChI=1S/C14H18ClN5O2S/c1-3-20(4-2)23(21,22)11-7-5-10(6-8-11)19-14-12(16)13(15)17-9-18-14/h5-9H,3-4,16H2,1-2H3,(H,17,18,19). The second kappa shape index (κ2) is 7.12. The molecule has 0 atom stereocenters. The smallest absolute Gasteiger partial charge is 0.243 e. The molecule has 0 saturated heterocycles. The lowest BCUT2D eigenvalue weighted by atomic mass is 10.3. The Hall–Kier alpha value is -1.90. The van der Waals surface area contributed by atoms with Crippen LogP contribution in [0.5, 0.6) is 0 Å². The van der Waals surface area contributed by atoms with Crippen molar-refractivity contribution in [1.82, 2.24) is 14.3 Å². The van der Waals surface area contributed by atoms with Gasteiger partial charge in [0.05, 0.1) is 4.90 Å². The van der Waals surface area contributed by atoms with Gasteiger partial charge in [-0.3, -0.25) is 0 Å². The van der Waals surface area contributed by atoms with Crippen molar-refractivity contribution in [3.05, 3.63) is 35.7 Å². The fourth-order valence-electron chi connectivity index (χ4n) is 2.03. The van der Waals surface area contributed by atoms with Gasteiger partial charge in [-0.15, -0.1) is 0 Å². The van der Waals surface area contributed by atoms with Crippen LogP contribution in [-0.2, 0) is 10.0 Å². The normalized spacial score (nSPS) is 11.7. The largest absolute Gasteiger partial charge is 0.393 e. The van der Waals surface area contributed by atoms with Crippen molar-refractivity contribution >= 4 is 38.8 Å². The molecule has 2 rings (SSSR count). The van der Waals surface area contributed by atoms with Crippen LogP contribution >= 0.6 is 11.6 Å². The maximum Gasteiger partial charge on any atom is 0.243 e. The van der Waals surface area contributed by atoms with Crippen LogP contribution in [0.25, 0.3) is 0 Å². The number of hydrogen-bond donors (Lipinski definition) is 2. The number of aromatic nitrogens is 2. The zero-order chi connectivity index (χ0) is 17.0. The average Bonchev–Trinajstić information content (AvgIpc) is 2.53. The van der Waals surface area contributed by atoms with Crippen molar-refractivity contribution in [3.8, 4) is 0 Å². The van der Waals surface area contributed by atoms with Crippen LogP contribution in [0.4, 0.5) is 17.2 Å². The molecule has 0 bridgehead atoms. The molecule has 23 heavy (non-hydrogen) atoms. The maximum absolute atomic E-state index is 12.4. The molecule has 3 N–H and O–H groups in total. The molecule has 0 aliphatic carbocycles. The molecule has 7 nitrogen and oxygen atoms in total. The lowest BCUT2D eigenvalue weighted by Crippen LogP contribution is -2.30. The summed E-state index contributed by atoms with van der Waals surface area (Å²) in [5.74, 6) is 0.365. The van der Waals surface area contributed by atoms with E-state index in [0.717, 1.165) is 0 Å². The highest BCUT2D eigenvalue weighted by molar-refractivity contribution is 7.89. The minimum Gasteiger partial charge on any atom is -0.393 e. The van der Waals surface area contributed by atoms with Crippen LogP contribution in [0.2, 0.25) is 5.15 Å². The predicted molar refractivity (Wildman–Crippen MR) is 91.3 cm³/mol. The molecule has 0 aliphatic heterocycles. The Balaban J connectivity index is 2.25. The number of nitrogen functional groups attached to an aromatic ring is 1. The summed E-state index contributed by atoms with van der Waals surface area (Å²) in [6.45, 7) is 4.46. The Morgan fingerprint density at radius 1 is 1.17 bits per heavy atom. The Morgan fingerprint density at radius 3 is 2.35 bits per heavy atom. The molecule has 0 unspecified atom stereocenters. The van der Waals surface area contributed by atoms with Gasteiger partial charge in [0, 0.05) is 18.8 Å². The molecule has 0 aliphatic rings. The lowest BCUT2D eigenvalue weighted by molar-refractivity contribution is 0.445. The van der Waals surface area contributed by atoms with E-state index in [4.69, 9.17) is 17.3 Å². The fraction of sp³-hybridized carbons (Fsp3) is 0.286. The summed E-state index contributed by atoms with van der Waals surface area (Å²) < 4.78 is 26.2. The Kier molecular flexibility index (Phi) is 5.40. The molecule has 9 heteroatoms. The molecule has 0 amide bonds. The van der Waals surface area contributed by atoms with Gasteiger partial charge in [0.25, 0.3) is 0 Å². The molecule has 1 aromatic heterocycles. The van der Waals surface area contributed by atoms with Crippen molar-refractivity contribution in [2.75, 3.05) is 24.1 Å². The number of benzene rings is 1. The first-order valence-corrected chi connectivity index (χ1v) is 8.85. The molecular weight excluding hydrogens is 338 g/mol. The lowest BCUT2D eigenvalue weighted by Gasteiger charge is -2.18. The summed E-state index contributed by atoms with van der Waals surface area (Å²) in [5.41, 5.74) is 6.66. The zero-order valence-electron chi connectivity index (χ0n) is 12.8. The molecule has 1 aromatic carbocycles. The highest BCUT2D eigenvalue weighted by Crippen LogP contribution is 2.26. The number of nitrogens with one attached hydrogen (secondary N) is 1. The third-order valence-corrected chi connectivity index (χ3v) is 5.66. The van der Waals surface area contributed by atoms with Gasteiger partial charge in [0.2, 0.25) is 10.0 Å². The molecule has 1 heterocycles. The number of halogens is 1. The van der Waals surface area contributed by atoms with Crippen LogP contribution in [0.15, 0.2) is 35.5 Å². The van der Waals surface area contributed by atoms with Gasteiger partial charge >= 0.3 is 0 Å². The van der Waals surface area contributed by atoms with Crippen LogP contribution in [0.1, 0.15) is 13.8 Å². The molecule has 0 radical (unpaired) electrons. The van der Waals surface area contributed by atoms with E-state index < -0.39 is 10.0 Å². The summed E-state index contributed by atoms with van der Waals surface area (Å²) in [5, 5.41) is 3.14. The van der Waals surface area contributed by atoms with Gasteiger partial charge in [-0.25, -0.2) is 18.4 Å². The fourth-order valence-corrected chi connectivity index (χ4v) is 3.62. The summed E-state index contributed by atoms with van der Waals surface area (Å²) >= 11 is 5.83. The van der Waals surface area contributed by atoms with E-state index in [1.807, 2.05) is 0 Å². The van der Waals surface area contributed by atoms with Crippen LogP contribution in [-0.4, -0.2) is 35.8 Å². The van der Waals surface area contributed by atoms with Crippen molar-refractivity contribution in [1.29, 1.82) is 0 Å². The molecule has 0 saturated carbocycles. The Morgan fingerprint density at radius 2 is 1.78 bits per heavy atom. The predicted octanol–water partition coefficient (Wildman–Crippen LogP) is 2.49. The van der Waals surface area contributed by atoms with E-state index in [2.05, 4.69) is 15.3 Å². The average molecular weight is 356 g/mol. The first-order chi connectivity index (χ1) is 10.9. The summed E-state index contributed by atoms with van der Waals surface area (Å²) in [4.78, 5) is 8.01. The number of nitrogens with zero attached hydrogens (tertiary/aromatic N) is 3. The van der Waals surface area contributed by atoms with Gasteiger partial charge in [0.1, 0.15) is 12.0 Å². The van der Waals surface area contributed by atoms with E-state index in [1.54, 1.807) is 26.0 Å². The van der Waals surface area contributed by atoms with Crippen LogP contribution < -0.4 is 11.1 Å². The van der Waals surface area contributed by atoms with Gasteiger partial charge < -0.3 is 11.1 Å². The summed E-state index contributed by atoms with van der Waals surface area (Å²) in [6.07, 6.45) is 1.29. The molecular formula is C14H18ClN5O2S. The van der Waals surface area contributed by atoms with Gasteiger partial charge in [-0.05, 0) is 24.3 Å². The number of hydrogen-bond acceptors (Lipinski definition) is 6. The van der Waals surface area contributed by atoms with Crippen molar-refractivity contribution < 1.29 is 8.42 Å². The number of sulfonamides is 1. The highest BCUT2D eigenvalue weighted by atomic mass is 35.5. The zero-order valence-corrected chi connectivity index (χ0v) is 14.4. The van der Waals surface area contributed by atoms with Crippen LogP contribution in [0, 0.1) is 0 Å². The van der Waals surface area contributed by atoms with Gasteiger partial charge in [-0.1, -0.05) is 25.4 Å². The quantitative estimate of drug-likeness (QED) is 0.772. The van der Waals surface area contributed by atoms with E-state index in [1.165, 1.54) is 22.8 Å². The van der Waals surface area contributed by atoms with Crippen LogP contribution in [0.3, 0.4) is 0 Å². The Labute approximate surface area is 140 Å². The monoisotopic (exact) mass is 355 g/mol. The maximum atomic E-state index is 12.4. The molecule has 0 fully saturated rings. The highest BCUT2D eigenvalue weighted by Gasteiger charge is 2.21. The van der Waals surface area contributed by atoms with E-state index in [-0.39, 0.29) is 15.7 Å². The molecule has 0 spiro atoms. The summed E-state index contributed by atoms with van der Waals surface area (Å²) in [7, 11) is -3.47. The van der Waals surface area contributed by atoms with E-state index in [0.29, 0.717) is 24.6 Å². The number of rotatable bonds is 6. The van der Waals surface area contributed by atoms with E-state index >= 15 is 0 Å². The summed E-state index contributed by atoms with van der Waals surface area (Å²) in [6, 6.07) is 6.36. The second-order valence-corrected chi connectivity index (χ2v) is 6.96. The first kappa shape index (κ1) is 17.5. The van der Waals surface area contributed by atoms with Gasteiger partial charge in [0.15, 0.2) is 11.0 Å². The SMILES string of the molecule is CCN(CC)S(=O)(=O)c1ccc(Nc2ncnc(Cl)c2N)cc1. The number of anilines is 3. The molecule has 2 aromatic rings. The second-order valence-electron chi connectivity index (χ2n) is 4.67. The van der Waals surface area contributed by atoms with Crippen molar-refractivity contribution in [3.63, 3.8) is 0 Å². The first-order valence-electron chi connectivity index (χ1n) is 7.03. The molecule has 124 valence electrons. The topological polar surface area (TPSA) is 101 Å². The number of nitrogens with two attached hydrogens (primary N) is 1. The van der Waals surface area contributed by atoms with Crippen molar-refractivity contribution in [2.24, 2.45) is 0 Å². The van der Waals surface area contributed by atoms with E-state index in [9.17, 15) is 8.42 Å². The third kappa shape index (κ3) is 3.72. The third-order valence-electron chi connectivity index (χ3n) is 3.30. The minimum absolute atomic E-state index is 0.156. The minimum atomic E-state index is -3.47. The Bertz CT molecular complexity index is 776.